The van der Waals surface area contributed by atoms with Crippen molar-refractivity contribution in [1.82, 2.24) is 0 Å². The Bertz CT molecular complexity index is 29.9. The Morgan fingerprint density at radius 2 is 1.40 bits per heavy atom. The third kappa shape index (κ3) is 87.5. The molecular formula is CGdO3. The van der Waals surface area contributed by atoms with E-state index in [1.54, 1.807) is 0 Å². The number of carbonyl (C=O) groups excluding carboxylic acids is 1. The maximum atomic E-state index is 8.33. The predicted octanol–water partition coefficient (Wildman–Crippen LogP) is -2.45. The molecule has 4 heteroatoms. The fraction of sp³-hybridized carbons (Fsp3) is 0. The summed E-state index contributed by atoms with van der Waals surface area (Å²) in [5.41, 5.74) is 0. The summed E-state index contributed by atoms with van der Waals surface area (Å²) in [6.07, 6.45) is -2.33. The van der Waals surface area contributed by atoms with E-state index in [9.17, 15) is 0 Å². The van der Waals surface area contributed by atoms with Crippen molar-refractivity contribution in [2.45, 2.75) is 0 Å². The van der Waals surface area contributed by atoms with Gasteiger partial charge in [0.25, 0.3) is 0 Å². The van der Waals surface area contributed by atoms with Crippen LogP contribution in [0.3, 0.4) is 0 Å². The van der Waals surface area contributed by atoms with E-state index in [4.69, 9.17) is 15.0 Å². The molecule has 0 spiro atoms. The van der Waals surface area contributed by atoms with Crippen LogP contribution in [0.2, 0.25) is 0 Å². The number of carboxylic acid groups (broad SMARTS) is 2. The second-order valence-corrected chi connectivity index (χ2v) is 0.250. The first kappa shape index (κ1) is 9.14. The molecule has 0 saturated heterocycles. The minimum atomic E-state index is -2.33. The molecule has 0 aliphatic carbocycles. The summed E-state index contributed by atoms with van der Waals surface area (Å²) in [5.74, 6) is 0. The molecule has 0 aromatic carbocycles. The molecule has 0 rings (SSSR count). The summed E-state index contributed by atoms with van der Waals surface area (Å²) in [4.78, 5) is 8.33. The van der Waals surface area contributed by atoms with Gasteiger partial charge in [-0.2, -0.15) is 0 Å². The van der Waals surface area contributed by atoms with Gasteiger partial charge < -0.3 is 15.0 Å². The van der Waals surface area contributed by atoms with Gasteiger partial charge in [0.05, 0.1) is 0 Å². The molecular weight excluding hydrogens is 217 g/mol. The molecule has 0 aromatic rings. The monoisotopic (exact) mass is 218 g/mol. The van der Waals surface area contributed by atoms with Crippen molar-refractivity contribution in [2.24, 2.45) is 0 Å². The van der Waals surface area contributed by atoms with E-state index in [2.05, 4.69) is 0 Å². The van der Waals surface area contributed by atoms with Crippen molar-refractivity contribution in [3.8, 4) is 0 Å². The van der Waals surface area contributed by atoms with E-state index in [0.717, 1.165) is 0 Å². The van der Waals surface area contributed by atoms with Gasteiger partial charge in [0.1, 0.15) is 0 Å². The van der Waals surface area contributed by atoms with E-state index in [-0.39, 0.29) is 39.9 Å². The van der Waals surface area contributed by atoms with Crippen molar-refractivity contribution in [1.29, 1.82) is 0 Å². The van der Waals surface area contributed by atoms with Crippen molar-refractivity contribution >= 4 is 6.16 Å². The Morgan fingerprint density at radius 1 is 1.40 bits per heavy atom. The fourth-order valence-electron chi connectivity index (χ4n) is 0. The van der Waals surface area contributed by atoms with Crippen molar-refractivity contribution in [3.05, 3.63) is 0 Å². The van der Waals surface area contributed by atoms with E-state index in [0.29, 0.717) is 0 Å². The van der Waals surface area contributed by atoms with Crippen LogP contribution in [0.25, 0.3) is 0 Å². The van der Waals surface area contributed by atoms with Gasteiger partial charge in [-0.05, 0) is 6.16 Å². The zero-order valence-electron chi connectivity index (χ0n) is 2.08. The molecule has 0 bridgehead atoms. The third-order valence-electron chi connectivity index (χ3n) is 0. The first-order valence-corrected chi connectivity index (χ1v) is 0.612. The smallest absolute Gasteiger partial charge is 0.652 e. The SMILES string of the molecule is O=C([O-])[O-].[Gd+2]. The Balaban J connectivity index is 0. The van der Waals surface area contributed by atoms with Crippen molar-refractivity contribution < 1.29 is 54.9 Å². The van der Waals surface area contributed by atoms with Gasteiger partial charge in [-0.25, -0.2) is 0 Å². The largest absolute Gasteiger partial charge is 2.00 e. The maximum Gasteiger partial charge on any atom is 2.00 e. The molecule has 0 saturated carbocycles. The van der Waals surface area contributed by atoms with E-state index in [1.807, 2.05) is 0 Å². The molecule has 0 fully saturated rings. The first-order valence-electron chi connectivity index (χ1n) is 0.612. The second kappa shape index (κ2) is 4.59. The minimum Gasteiger partial charge on any atom is -0.652 e. The molecule has 0 N–H and O–H groups in total. The Kier molecular flexibility index (Phi) is 8.40. The average molecular weight is 217 g/mol. The van der Waals surface area contributed by atoms with Crippen LogP contribution >= 0.6 is 0 Å². The molecule has 5 heavy (non-hydrogen) atoms. The summed E-state index contributed by atoms with van der Waals surface area (Å²) < 4.78 is 0. The van der Waals surface area contributed by atoms with Crippen LogP contribution < -0.4 is 10.2 Å². The quantitative estimate of drug-likeness (QED) is 0.452. The normalized spacial score (nSPS) is 4.80. The molecule has 0 aliphatic heterocycles. The van der Waals surface area contributed by atoms with Crippen LogP contribution in [-0.2, 0) is 0 Å². The zero-order valence-corrected chi connectivity index (χ0v) is 4.35. The van der Waals surface area contributed by atoms with Gasteiger partial charge in [-0.15, -0.1) is 0 Å². The zero-order chi connectivity index (χ0) is 3.58. The molecule has 0 atom stereocenters. The van der Waals surface area contributed by atoms with Crippen LogP contribution in [0.5, 0.6) is 0 Å². The molecule has 0 heterocycles. The summed E-state index contributed by atoms with van der Waals surface area (Å²) in [7, 11) is 0. The van der Waals surface area contributed by atoms with Crippen LogP contribution in [0.4, 0.5) is 4.79 Å². The first-order chi connectivity index (χ1) is 1.73. The number of hydrogen-bond acceptors (Lipinski definition) is 3. The van der Waals surface area contributed by atoms with Gasteiger partial charge in [0.15, 0.2) is 0 Å². The van der Waals surface area contributed by atoms with Crippen LogP contribution in [-0.4, -0.2) is 6.16 Å². The van der Waals surface area contributed by atoms with E-state index < -0.39 is 6.16 Å². The van der Waals surface area contributed by atoms with Crippen LogP contribution in [0, 0.1) is 39.9 Å². The van der Waals surface area contributed by atoms with Crippen molar-refractivity contribution in [2.75, 3.05) is 0 Å². The average Bonchev–Trinajstić information content (AvgIpc) is 0.811. The standard InChI is InChI=1S/CH2O3.Gd/c2-1(3)4;/h(H2,2,3,4);/q;+2/p-2. The van der Waals surface area contributed by atoms with Crippen molar-refractivity contribution in [3.63, 3.8) is 0 Å². The molecule has 0 amide bonds. The maximum absolute atomic E-state index is 8.33. The van der Waals surface area contributed by atoms with Crippen LogP contribution in [0.15, 0.2) is 0 Å². The molecule has 30 valence electrons. The van der Waals surface area contributed by atoms with Gasteiger partial charge in [-0.1, -0.05) is 0 Å². The van der Waals surface area contributed by atoms with Crippen LogP contribution in [0.1, 0.15) is 0 Å². The van der Waals surface area contributed by atoms with Gasteiger partial charge in [0.2, 0.25) is 0 Å². The predicted molar refractivity (Wildman–Crippen MR) is 5.40 cm³/mol. The molecule has 0 aromatic heterocycles. The van der Waals surface area contributed by atoms with Gasteiger partial charge in [0, 0.05) is 0 Å². The number of rotatable bonds is 0. The second-order valence-electron chi connectivity index (χ2n) is 0.250. The summed E-state index contributed by atoms with van der Waals surface area (Å²) in [5, 5.41) is 16.7. The molecule has 0 unspecified atom stereocenters. The van der Waals surface area contributed by atoms with Gasteiger partial charge in [-0.3, -0.25) is 0 Å². The summed E-state index contributed by atoms with van der Waals surface area (Å²) in [6.45, 7) is 0. The minimum absolute atomic E-state index is 0. The fourth-order valence-corrected chi connectivity index (χ4v) is 0. The van der Waals surface area contributed by atoms with Gasteiger partial charge >= 0.3 is 39.9 Å². The molecule has 3 nitrogen and oxygen atoms in total. The van der Waals surface area contributed by atoms with E-state index >= 15 is 0 Å². The summed E-state index contributed by atoms with van der Waals surface area (Å²) >= 11 is 0. The number of carbonyl (C=O) groups is 1. The summed E-state index contributed by atoms with van der Waals surface area (Å²) in [6, 6.07) is 0. The molecule has 0 aliphatic rings. The Hall–Kier alpha value is 0.595. The Labute approximate surface area is 60.7 Å². The molecule has 0 radical (unpaired) electrons. The topological polar surface area (TPSA) is 63.2 Å². The van der Waals surface area contributed by atoms with E-state index in [1.165, 1.54) is 0 Å². The third-order valence-corrected chi connectivity index (χ3v) is 0. The Morgan fingerprint density at radius 3 is 1.40 bits per heavy atom. The number of hydrogen-bond donors (Lipinski definition) is 0.